The molecule has 0 spiro atoms. The summed E-state index contributed by atoms with van der Waals surface area (Å²) in [6.07, 6.45) is 7.43. The number of carboxylic acids is 1. The highest BCUT2D eigenvalue weighted by Gasteiger charge is 2.18. The number of halogens is 1. The second kappa shape index (κ2) is 6.84. The molecule has 1 aliphatic rings. The Balaban J connectivity index is 2.03. The van der Waals surface area contributed by atoms with Crippen LogP contribution in [-0.4, -0.2) is 29.1 Å². The fourth-order valence-corrected chi connectivity index (χ4v) is 2.90. The summed E-state index contributed by atoms with van der Waals surface area (Å²) in [5.41, 5.74) is 0.574. The van der Waals surface area contributed by atoms with E-state index in [2.05, 4.69) is 4.90 Å². The van der Waals surface area contributed by atoms with Gasteiger partial charge >= 0.3 is 5.97 Å². The van der Waals surface area contributed by atoms with Crippen LogP contribution in [-0.2, 0) is 6.54 Å². The first-order valence-corrected chi connectivity index (χ1v) is 7.30. The van der Waals surface area contributed by atoms with Gasteiger partial charge in [-0.15, -0.1) is 0 Å². The van der Waals surface area contributed by atoms with E-state index in [0.717, 1.165) is 6.07 Å². The molecule has 0 heterocycles. The van der Waals surface area contributed by atoms with E-state index in [0.29, 0.717) is 18.2 Å². The summed E-state index contributed by atoms with van der Waals surface area (Å²) in [6, 6.07) is 4.68. The van der Waals surface area contributed by atoms with E-state index in [1.165, 1.54) is 44.6 Å². The van der Waals surface area contributed by atoms with Crippen LogP contribution in [0.5, 0.6) is 0 Å². The second-order valence-electron chi connectivity index (χ2n) is 5.67. The van der Waals surface area contributed by atoms with Gasteiger partial charge in [0, 0.05) is 18.2 Å². The maximum atomic E-state index is 13.9. The van der Waals surface area contributed by atoms with Gasteiger partial charge in [-0.3, -0.25) is 4.90 Å². The lowest BCUT2D eigenvalue weighted by Gasteiger charge is -2.27. The fourth-order valence-electron chi connectivity index (χ4n) is 2.90. The number of aromatic carboxylic acids is 1. The molecule has 3 nitrogen and oxygen atoms in total. The van der Waals surface area contributed by atoms with Gasteiger partial charge in [-0.25, -0.2) is 9.18 Å². The molecule has 0 atom stereocenters. The van der Waals surface area contributed by atoms with Gasteiger partial charge < -0.3 is 5.11 Å². The molecule has 1 N–H and O–H groups in total. The lowest BCUT2D eigenvalue weighted by Crippen LogP contribution is -2.31. The largest absolute Gasteiger partial charge is 0.478 e. The number of rotatable bonds is 4. The molecule has 110 valence electrons. The molecule has 1 aliphatic carbocycles. The van der Waals surface area contributed by atoms with Crippen molar-refractivity contribution in [2.75, 3.05) is 7.05 Å². The lowest BCUT2D eigenvalue weighted by atomic mass is 10.1. The van der Waals surface area contributed by atoms with Gasteiger partial charge in [0.25, 0.3) is 0 Å². The predicted molar refractivity (Wildman–Crippen MR) is 76.3 cm³/mol. The van der Waals surface area contributed by atoms with Gasteiger partial charge in [-0.05, 0) is 32.0 Å². The number of benzene rings is 1. The number of carboxylic acid groups (broad SMARTS) is 1. The highest BCUT2D eigenvalue weighted by atomic mass is 19.1. The summed E-state index contributed by atoms with van der Waals surface area (Å²) < 4.78 is 13.9. The van der Waals surface area contributed by atoms with Gasteiger partial charge in [0.1, 0.15) is 5.82 Å². The van der Waals surface area contributed by atoms with E-state index >= 15 is 0 Å². The summed E-state index contributed by atoms with van der Waals surface area (Å²) in [6.45, 7) is 0.538. The third-order valence-corrected chi connectivity index (χ3v) is 4.17. The van der Waals surface area contributed by atoms with Crippen molar-refractivity contribution in [3.63, 3.8) is 0 Å². The van der Waals surface area contributed by atoms with Crippen molar-refractivity contribution in [1.29, 1.82) is 0 Å². The van der Waals surface area contributed by atoms with E-state index < -0.39 is 11.8 Å². The van der Waals surface area contributed by atoms with Crippen molar-refractivity contribution in [2.45, 2.75) is 51.1 Å². The van der Waals surface area contributed by atoms with Crippen molar-refractivity contribution in [2.24, 2.45) is 0 Å². The zero-order chi connectivity index (χ0) is 14.5. The molecule has 0 saturated heterocycles. The molecule has 1 fully saturated rings. The van der Waals surface area contributed by atoms with E-state index in [1.807, 2.05) is 7.05 Å². The Morgan fingerprint density at radius 1 is 1.30 bits per heavy atom. The Hall–Kier alpha value is -1.42. The zero-order valence-corrected chi connectivity index (χ0v) is 11.9. The van der Waals surface area contributed by atoms with Gasteiger partial charge in [0.05, 0.1) is 5.56 Å². The van der Waals surface area contributed by atoms with Crippen molar-refractivity contribution in [3.8, 4) is 0 Å². The van der Waals surface area contributed by atoms with E-state index in [1.54, 1.807) is 6.07 Å². The standard InChI is InChI=1S/C16H22FNO2/c1-18(14-6-4-2-3-5-7-14)11-13-9-8-12(16(19)20)10-15(13)17/h8-10,14H,2-7,11H2,1H3,(H,19,20). The van der Waals surface area contributed by atoms with Crippen LogP contribution < -0.4 is 0 Å². The normalized spacial score (nSPS) is 17.1. The predicted octanol–water partition coefficient (Wildman–Crippen LogP) is 3.68. The third kappa shape index (κ3) is 3.79. The topological polar surface area (TPSA) is 40.5 Å². The molecule has 0 aliphatic heterocycles. The van der Waals surface area contributed by atoms with Crippen LogP contribution in [0, 0.1) is 5.82 Å². The Morgan fingerprint density at radius 2 is 1.95 bits per heavy atom. The Morgan fingerprint density at radius 3 is 2.50 bits per heavy atom. The molecule has 1 saturated carbocycles. The SMILES string of the molecule is CN(Cc1ccc(C(=O)O)cc1F)C1CCCCCC1. The minimum atomic E-state index is -1.09. The molecule has 20 heavy (non-hydrogen) atoms. The van der Waals surface area contributed by atoms with E-state index in [4.69, 9.17) is 5.11 Å². The van der Waals surface area contributed by atoms with Crippen molar-refractivity contribution in [1.82, 2.24) is 4.90 Å². The monoisotopic (exact) mass is 279 g/mol. The minimum absolute atomic E-state index is 0.00312. The average Bonchev–Trinajstić information content (AvgIpc) is 2.69. The maximum Gasteiger partial charge on any atom is 0.335 e. The highest BCUT2D eigenvalue weighted by Crippen LogP contribution is 2.23. The quantitative estimate of drug-likeness (QED) is 0.855. The third-order valence-electron chi connectivity index (χ3n) is 4.17. The van der Waals surface area contributed by atoms with Gasteiger partial charge in [0.2, 0.25) is 0 Å². The van der Waals surface area contributed by atoms with Crippen LogP contribution >= 0.6 is 0 Å². The summed E-state index contributed by atoms with van der Waals surface area (Å²) >= 11 is 0. The Labute approximate surface area is 119 Å². The van der Waals surface area contributed by atoms with Crippen LogP contribution in [0.25, 0.3) is 0 Å². The number of hydrogen-bond acceptors (Lipinski definition) is 2. The molecule has 1 aromatic rings. The summed E-state index contributed by atoms with van der Waals surface area (Å²) in [5, 5.41) is 8.84. The summed E-state index contributed by atoms with van der Waals surface area (Å²) in [7, 11) is 2.03. The Kier molecular flexibility index (Phi) is 5.12. The smallest absolute Gasteiger partial charge is 0.335 e. The first-order valence-electron chi connectivity index (χ1n) is 7.30. The van der Waals surface area contributed by atoms with E-state index in [9.17, 15) is 9.18 Å². The molecule has 0 bridgehead atoms. The number of carbonyl (C=O) groups is 1. The van der Waals surface area contributed by atoms with Crippen LogP contribution in [0.4, 0.5) is 4.39 Å². The van der Waals surface area contributed by atoms with Crippen molar-refractivity contribution in [3.05, 3.63) is 35.1 Å². The maximum absolute atomic E-state index is 13.9. The molecular weight excluding hydrogens is 257 g/mol. The van der Waals surface area contributed by atoms with Crippen molar-refractivity contribution < 1.29 is 14.3 Å². The summed E-state index contributed by atoms with van der Waals surface area (Å²) in [5.74, 6) is -1.52. The second-order valence-corrected chi connectivity index (χ2v) is 5.67. The fraction of sp³-hybridized carbons (Fsp3) is 0.562. The minimum Gasteiger partial charge on any atom is -0.478 e. The zero-order valence-electron chi connectivity index (χ0n) is 11.9. The molecule has 0 aromatic heterocycles. The highest BCUT2D eigenvalue weighted by molar-refractivity contribution is 5.87. The molecule has 0 unspecified atom stereocenters. The van der Waals surface area contributed by atoms with Crippen LogP contribution in [0.15, 0.2) is 18.2 Å². The molecule has 1 aromatic carbocycles. The first-order chi connectivity index (χ1) is 9.58. The van der Waals surface area contributed by atoms with E-state index in [-0.39, 0.29) is 5.56 Å². The molecular formula is C16H22FNO2. The molecule has 4 heteroatoms. The average molecular weight is 279 g/mol. The molecule has 0 radical (unpaired) electrons. The van der Waals surface area contributed by atoms with Gasteiger partial charge in [-0.2, -0.15) is 0 Å². The van der Waals surface area contributed by atoms with Crippen LogP contribution in [0.2, 0.25) is 0 Å². The summed E-state index contributed by atoms with van der Waals surface area (Å²) in [4.78, 5) is 13.0. The van der Waals surface area contributed by atoms with Gasteiger partial charge in [-0.1, -0.05) is 31.7 Å². The van der Waals surface area contributed by atoms with Crippen LogP contribution in [0.3, 0.4) is 0 Å². The van der Waals surface area contributed by atoms with Gasteiger partial charge in [0.15, 0.2) is 0 Å². The molecule has 2 rings (SSSR count). The van der Waals surface area contributed by atoms with Crippen LogP contribution in [0.1, 0.15) is 54.4 Å². The Bertz CT molecular complexity index is 468. The number of nitrogens with zero attached hydrogens (tertiary/aromatic N) is 1. The molecule has 0 amide bonds. The van der Waals surface area contributed by atoms with Crippen molar-refractivity contribution >= 4 is 5.97 Å². The lowest BCUT2D eigenvalue weighted by molar-refractivity contribution is 0.0696. The number of hydrogen-bond donors (Lipinski definition) is 1. The first kappa shape index (κ1) is 15.0.